The number of nitrogens with one attached hydrogen (secondary N) is 2. The highest BCUT2D eigenvalue weighted by molar-refractivity contribution is 7.80. The number of anilines is 2. The second-order valence-corrected chi connectivity index (χ2v) is 8.58. The van der Waals surface area contributed by atoms with Gasteiger partial charge in [0.05, 0.1) is 29.4 Å². The Morgan fingerprint density at radius 1 is 1.20 bits per heavy atom. The van der Waals surface area contributed by atoms with E-state index < -0.39 is 5.97 Å². The zero-order valence-electron chi connectivity index (χ0n) is 17.6. The molecule has 0 radical (unpaired) electrons. The van der Waals surface area contributed by atoms with Gasteiger partial charge in [-0.15, -0.1) is 0 Å². The van der Waals surface area contributed by atoms with Gasteiger partial charge in [-0.1, -0.05) is 30.7 Å². The van der Waals surface area contributed by atoms with Crippen LogP contribution in [0.5, 0.6) is 0 Å². The van der Waals surface area contributed by atoms with E-state index >= 15 is 0 Å². The van der Waals surface area contributed by atoms with Crippen LogP contribution < -0.4 is 15.5 Å². The van der Waals surface area contributed by atoms with E-state index in [1.54, 1.807) is 18.2 Å². The molecule has 0 aromatic heterocycles. The predicted molar refractivity (Wildman–Crippen MR) is 128 cm³/mol. The second kappa shape index (κ2) is 10.1. The predicted octanol–water partition coefficient (Wildman–Crippen LogP) is 5.41. The monoisotopic (exact) mass is 445 g/mol. The molecule has 0 saturated carbocycles. The topological polar surface area (TPSA) is 53.6 Å². The Morgan fingerprint density at radius 3 is 2.50 bits per heavy atom. The second-order valence-electron chi connectivity index (χ2n) is 7.77. The molecule has 7 heteroatoms. The highest BCUT2D eigenvalue weighted by atomic mass is 35.5. The molecule has 0 amide bonds. The minimum atomic E-state index is -0.426. The van der Waals surface area contributed by atoms with Crippen molar-refractivity contribution in [2.24, 2.45) is 5.92 Å². The van der Waals surface area contributed by atoms with Crippen molar-refractivity contribution in [3.05, 3.63) is 58.6 Å². The third-order valence-electron chi connectivity index (χ3n) is 5.53. The fraction of sp³-hybridized carbons (Fsp3) is 0.391. The number of esters is 1. The van der Waals surface area contributed by atoms with Crippen LogP contribution in [0.1, 0.15) is 48.7 Å². The number of thiocarbonyl (C=S) groups is 1. The largest absolute Gasteiger partial charge is 0.465 e. The molecule has 3 rings (SSSR count). The number of methoxy groups -OCH3 is 1. The quantitative estimate of drug-likeness (QED) is 0.474. The lowest BCUT2D eigenvalue weighted by molar-refractivity contribution is 0.0601. The van der Waals surface area contributed by atoms with Crippen LogP contribution in [0, 0.1) is 5.92 Å². The molecule has 2 N–H and O–H groups in total. The molecule has 0 bridgehead atoms. The Morgan fingerprint density at radius 2 is 1.87 bits per heavy atom. The molecule has 1 aliphatic heterocycles. The van der Waals surface area contributed by atoms with Crippen LogP contribution in [0.2, 0.25) is 5.02 Å². The number of nitrogens with zero attached hydrogens (tertiary/aromatic N) is 1. The van der Waals surface area contributed by atoms with Crippen LogP contribution in [0.3, 0.4) is 0 Å². The highest BCUT2D eigenvalue weighted by Crippen LogP contribution is 2.26. The molecule has 1 heterocycles. The molecule has 2 aromatic carbocycles. The maximum Gasteiger partial charge on any atom is 0.337 e. The van der Waals surface area contributed by atoms with Crippen LogP contribution in [-0.4, -0.2) is 31.3 Å². The molecule has 5 nitrogen and oxygen atoms in total. The number of hydrogen-bond donors (Lipinski definition) is 2. The van der Waals surface area contributed by atoms with E-state index in [2.05, 4.69) is 53.6 Å². The summed E-state index contributed by atoms with van der Waals surface area (Å²) in [4.78, 5) is 14.2. The van der Waals surface area contributed by atoms with E-state index in [9.17, 15) is 4.79 Å². The molecule has 160 valence electrons. The Kier molecular flexibility index (Phi) is 7.56. The third kappa shape index (κ3) is 5.64. The lowest BCUT2D eigenvalue weighted by Crippen LogP contribution is -2.33. The van der Waals surface area contributed by atoms with Crippen molar-refractivity contribution in [2.75, 3.05) is 30.4 Å². The van der Waals surface area contributed by atoms with Gasteiger partial charge in [0.25, 0.3) is 0 Å². The lowest BCUT2D eigenvalue weighted by Gasteiger charge is -2.32. The van der Waals surface area contributed by atoms with Gasteiger partial charge in [0.15, 0.2) is 5.11 Å². The van der Waals surface area contributed by atoms with Gasteiger partial charge in [-0.05, 0) is 73.8 Å². The van der Waals surface area contributed by atoms with Crippen LogP contribution in [0.25, 0.3) is 0 Å². The number of rotatable bonds is 5. The number of hydrogen-bond acceptors (Lipinski definition) is 4. The van der Waals surface area contributed by atoms with Crippen LogP contribution in [0.4, 0.5) is 11.4 Å². The minimum absolute atomic E-state index is 0.0167. The maximum atomic E-state index is 11.7. The van der Waals surface area contributed by atoms with Gasteiger partial charge < -0.3 is 20.3 Å². The minimum Gasteiger partial charge on any atom is -0.465 e. The first-order valence-electron chi connectivity index (χ1n) is 10.2. The first-order valence-corrected chi connectivity index (χ1v) is 11.0. The first kappa shape index (κ1) is 22.4. The number of piperidine rings is 1. The lowest BCUT2D eigenvalue weighted by atomic mass is 9.98. The van der Waals surface area contributed by atoms with Crippen molar-refractivity contribution in [2.45, 2.75) is 32.7 Å². The van der Waals surface area contributed by atoms with Gasteiger partial charge in [0.1, 0.15) is 0 Å². The van der Waals surface area contributed by atoms with Gasteiger partial charge in [-0.3, -0.25) is 0 Å². The van der Waals surface area contributed by atoms with E-state index in [0.29, 0.717) is 21.4 Å². The smallest absolute Gasteiger partial charge is 0.337 e. The highest BCUT2D eigenvalue weighted by Gasteiger charge is 2.17. The molecule has 2 aromatic rings. The Bertz CT molecular complexity index is 896. The number of carbonyl (C=O) groups is 1. The van der Waals surface area contributed by atoms with Crippen molar-refractivity contribution in [1.29, 1.82) is 0 Å². The summed E-state index contributed by atoms with van der Waals surface area (Å²) in [6.07, 6.45) is 2.50. The summed E-state index contributed by atoms with van der Waals surface area (Å²) in [6.45, 7) is 6.61. The molecule has 30 heavy (non-hydrogen) atoms. The zero-order chi connectivity index (χ0) is 21.7. The fourth-order valence-corrected chi connectivity index (χ4v) is 4.00. The summed E-state index contributed by atoms with van der Waals surface area (Å²) < 4.78 is 4.76. The summed E-state index contributed by atoms with van der Waals surface area (Å²) in [6, 6.07) is 13.5. The summed E-state index contributed by atoms with van der Waals surface area (Å²) in [7, 11) is 1.34. The van der Waals surface area contributed by atoms with Gasteiger partial charge in [0, 0.05) is 18.8 Å². The van der Waals surface area contributed by atoms with E-state index in [1.807, 2.05) is 0 Å². The molecule has 1 fully saturated rings. The summed E-state index contributed by atoms with van der Waals surface area (Å²) >= 11 is 11.7. The van der Waals surface area contributed by atoms with Crippen LogP contribution in [0.15, 0.2) is 42.5 Å². The molecule has 0 unspecified atom stereocenters. The molecular formula is C23H28ClN3O2S. The molecule has 0 aliphatic carbocycles. The van der Waals surface area contributed by atoms with Crippen molar-refractivity contribution in [3.63, 3.8) is 0 Å². The number of carbonyl (C=O) groups excluding carboxylic acids is 1. The fourth-order valence-electron chi connectivity index (χ4n) is 3.54. The molecule has 1 saturated heterocycles. The maximum absolute atomic E-state index is 11.7. The van der Waals surface area contributed by atoms with Crippen molar-refractivity contribution >= 4 is 46.3 Å². The summed E-state index contributed by atoms with van der Waals surface area (Å²) in [5, 5.41) is 7.24. The van der Waals surface area contributed by atoms with E-state index in [-0.39, 0.29) is 6.04 Å². The van der Waals surface area contributed by atoms with Crippen molar-refractivity contribution in [1.82, 2.24) is 5.32 Å². The zero-order valence-corrected chi connectivity index (χ0v) is 19.1. The van der Waals surface area contributed by atoms with E-state index in [4.69, 9.17) is 28.6 Å². The van der Waals surface area contributed by atoms with Gasteiger partial charge >= 0.3 is 5.97 Å². The van der Waals surface area contributed by atoms with Gasteiger partial charge in [-0.25, -0.2) is 4.79 Å². The SMILES string of the molecule is COC(=O)c1ccc(Cl)c(NC(=S)N[C@H](C)c2ccc(N3CCC(C)CC3)cc2)c1. The van der Waals surface area contributed by atoms with E-state index in [0.717, 1.165) is 24.6 Å². The normalized spacial score (nSPS) is 15.4. The molecule has 1 atom stereocenters. The molecular weight excluding hydrogens is 418 g/mol. The first-order chi connectivity index (χ1) is 14.4. The Balaban J connectivity index is 1.60. The van der Waals surface area contributed by atoms with Crippen LogP contribution >= 0.6 is 23.8 Å². The Labute approximate surface area is 188 Å². The molecule has 0 spiro atoms. The average Bonchev–Trinajstić information content (AvgIpc) is 2.75. The summed E-state index contributed by atoms with van der Waals surface area (Å²) in [5.74, 6) is 0.394. The average molecular weight is 446 g/mol. The number of benzene rings is 2. The number of halogens is 1. The Hall–Kier alpha value is -2.31. The van der Waals surface area contributed by atoms with Crippen LogP contribution in [-0.2, 0) is 4.74 Å². The van der Waals surface area contributed by atoms with Gasteiger partial charge in [0.2, 0.25) is 0 Å². The molecule has 1 aliphatic rings. The standard InChI is InChI=1S/C23H28ClN3O2S/c1-15-10-12-27(13-11-15)19-7-4-17(5-8-19)16(2)25-23(30)26-21-14-18(22(28)29-3)6-9-20(21)24/h4-9,14-16H,10-13H2,1-3H3,(H2,25,26,30)/t16-/m1/s1. The van der Waals surface area contributed by atoms with Crippen molar-refractivity contribution < 1.29 is 9.53 Å². The van der Waals surface area contributed by atoms with Gasteiger partial charge in [-0.2, -0.15) is 0 Å². The third-order valence-corrected chi connectivity index (χ3v) is 6.07. The van der Waals surface area contributed by atoms with E-state index in [1.165, 1.54) is 25.6 Å². The summed E-state index contributed by atoms with van der Waals surface area (Å²) in [5.41, 5.74) is 3.37. The van der Waals surface area contributed by atoms with Crippen molar-refractivity contribution in [3.8, 4) is 0 Å². The number of ether oxygens (including phenoxy) is 1.